The molecule has 0 bridgehead atoms. The Labute approximate surface area is 151 Å². The molecule has 3 rings (SSSR count). The number of hydrogen-bond acceptors (Lipinski definition) is 3. The monoisotopic (exact) mass is 339 g/mol. The summed E-state index contributed by atoms with van der Waals surface area (Å²) in [5.41, 5.74) is 4.66. The first-order valence-electron chi connectivity index (χ1n) is 9.02. The molecule has 134 valence electrons. The van der Waals surface area contributed by atoms with Crippen LogP contribution in [-0.2, 0) is 4.79 Å². The molecule has 3 aromatic rings. The molecule has 3 heteroatoms. The number of fused-ring (bicyclic) bond motifs is 1. The van der Waals surface area contributed by atoms with E-state index in [0.29, 0.717) is 5.89 Å². The molecule has 0 radical (unpaired) electrons. The van der Waals surface area contributed by atoms with E-state index in [9.17, 15) is 4.79 Å². The zero-order chi connectivity index (χ0) is 19.0. The number of ketones is 1. The van der Waals surface area contributed by atoms with Crippen LogP contribution in [0.4, 0.5) is 0 Å². The first-order valence-corrected chi connectivity index (χ1v) is 9.02. The standard InChI is InChI=1S/C18H17NO2.2C2H6/c1-11-4-6-14(7-5-11)18-19-16-10-15(12(2)13(3)20)8-9-17(16)21-18;2*1-2/h4-10,12H,1-3H3;2*1-2H3. The van der Waals surface area contributed by atoms with Gasteiger partial charge in [-0.1, -0.05) is 58.4 Å². The number of aromatic nitrogens is 1. The second kappa shape index (κ2) is 9.77. The van der Waals surface area contributed by atoms with E-state index in [4.69, 9.17) is 4.42 Å². The van der Waals surface area contributed by atoms with Crippen molar-refractivity contribution in [1.29, 1.82) is 0 Å². The second-order valence-corrected chi connectivity index (χ2v) is 5.44. The molecule has 0 aliphatic heterocycles. The largest absolute Gasteiger partial charge is 0.436 e. The molecule has 0 fully saturated rings. The third-order valence-electron chi connectivity index (χ3n) is 3.82. The number of carbonyl (C=O) groups is 1. The van der Waals surface area contributed by atoms with Crippen molar-refractivity contribution in [3.63, 3.8) is 0 Å². The summed E-state index contributed by atoms with van der Waals surface area (Å²) in [6.45, 7) is 13.6. The van der Waals surface area contributed by atoms with Crippen LogP contribution in [0.1, 0.15) is 58.6 Å². The van der Waals surface area contributed by atoms with Gasteiger partial charge < -0.3 is 4.42 Å². The van der Waals surface area contributed by atoms with Gasteiger partial charge >= 0.3 is 0 Å². The third kappa shape index (κ3) is 5.02. The molecule has 1 atom stereocenters. The van der Waals surface area contributed by atoms with Crippen LogP contribution in [0.15, 0.2) is 46.9 Å². The molecular weight excluding hydrogens is 310 g/mol. The van der Waals surface area contributed by atoms with Gasteiger partial charge in [0.2, 0.25) is 5.89 Å². The molecule has 1 heterocycles. The van der Waals surface area contributed by atoms with Crippen molar-refractivity contribution in [1.82, 2.24) is 4.98 Å². The first-order chi connectivity index (χ1) is 12.0. The zero-order valence-corrected chi connectivity index (χ0v) is 16.4. The van der Waals surface area contributed by atoms with Crippen LogP contribution < -0.4 is 0 Å². The minimum atomic E-state index is -0.117. The number of hydrogen-bond donors (Lipinski definition) is 0. The Hall–Kier alpha value is -2.42. The van der Waals surface area contributed by atoms with Gasteiger partial charge in [-0.25, -0.2) is 4.98 Å². The number of Topliss-reactive ketones (excluding diaryl/α,β-unsaturated/α-hetero) is 1. The van der Waals surface area contributed by atoms with E-state index in [1.165, 1.54) is 5.56 Å². The van der Waals surface area contributed by atoms with Crippen molar-refractivity contribution in [2.75, 3.05) is 0 Å². The summed E-state index contributed by atoms with van der Waals surface area (Å²) in [4.78, 5) is 16.0. The number of aryl methyl sites for hydroxylation is 1. The summed E-state index contributed by atoms with van der Waals surface area (Å²) >= 11 is 0. The molecule has 25 heavy (non-hydrogen) atoms. The minimum Gasteiger partial charge on any atom is -0.436 e. The maximum atomic E-state index is 11.5. The van der Waals surface area contributed by atoms with E-state index in [0.717, 1.165) is 22.2 Å². The summed E-state index contributed by atoms with van der Waals surface area (Å²) in [5, 5.41) is 0. The van der Waals surface area contributed by atoms with Crippen LogP contribution in [-0.4, -0.2) is 10.8 Å². The SMILES string of the molecule is CC.CC.CC(=O)C(C)c1ccc2oc(-c3ccc(C)cc3)nc2c1. The first kappa shape index (κ1) is 20.6. The summed E-state index contributed by atoms with van der Waals surface area (Å²) in [7, 11) is 0. The Morgan fingerprint density at radius 2 is 1.60 bits per heavy atom. The molecule has 0 amide bonds. The highest BCUT2D eigenvalue weighted by atomic mass is 16.3. The predicted molar refractivity (Wildman–Crippen MR) is 106 cm³/mol. The van der Waals surface area contributed by atoms with Crippen molar-refractivity contribution in [3.8, 4) is 11.5 Å². The predicted octanol–water partition coefficient (Wildman–Crippen LogP) is 6.55. The van der Waals surface area contributed by atoms with Crippen LogP contribution in [0.3, 0.4) is 0 Å². The maximum Gasteiger partial charge on any atom is 0.227 e. The summed E-state index contributed by atoms with van der Waals surface area (Å²) in [5.74, 6) is 0.642. The van der Waals surface area contributed by atoms with Crippen molar-refractivity contribution < 1.29 is 9.21 Å². The average Bonchev–Trinajstić information content (AvgIpc) is 3.08. The molecule has 1 unspecified atom stereocenters. The van der Waals surface area contributed by atoms with Gasteiger partial charge in [0.15, 0.2) is 5.58 Å². The smallest absolute Gasteiger partial charge is 0.227 e. The van der Waals surface area contributed by atoms with Gasteiger partial charge in [0.1, 0.15) is 11.3 Å². The zero-order valence-electron chi connectivity index (χ0n) is 16.4. The molecule has 0 N–H and O–H groups in total. The van der Waals surface area contributed by atoms with Gasteiger partial charge in [0.05, 0.1) is 0 Å². The molecule has 1 aromatic heterocycles. The van der Waals surface area contributed by atoms with Crippen molar-refractivity contribution >= 4 is 16.9 Å². The quantitative estimate of drug-likeness (QED) is 0.543. The van der Waals surface area contributed by atoms with Crippen LogP contribution in [0.2, 0.25) is 0 Å². The number of rotatable bonds is 3. The van der Waals surface area contributed by atoms with Gasteiger partial charge in [0, 0.05) is 11.5 Å². The van der Waals surface area contributed by atoms with Crippen molar-refractivity contribution in [2.45, 2.75) is 54.4 Å². The van der Waals surface area contributed by atoms with Crippen LogP contribution in [0, 0.1) is 6.92 Å². The lowest BCUT2D eigenvalue weighted by Gasteiger charge is -2.06. The lowest BCUT2D eigenvalue weighted by atomic mass is 9.97. The fourth-order valence-electron chi connectivity index (χ4n) is 2.27. The summed E-state index contributed by atoms with van der Waals surface area (Å²) in [6, 6.07) is 13.8. The molecule has 2 aromatic carbocycles. The Kier molecular flexibility index (Phi) is 8.06. The van der Waals surface area contributed by atoms with Gasteiger partial charge in [0.25, 0.3) is 0 Å². The van der Waals surface area contributed by atoms with Crippen LogP contribution in [0.5, 0.6) is 0 Å². The van der Waals surface area contributed by atoms with Gasteiger partial charge in [-0.05, 0) is 43.7 Å². The fraction of sp³-hybridized carbons (Fsp3) is 0.364. The number of nitrogens with zero attached hydrogens (tertiary/aromatic N) is 1. The van der Waals surface area contributed by atoms with Gasteiger partial charge in [-0.3, -0.25) is 4.79 Å². The topological polar surface area (TPSA) is 43.1 Å². The molecule has 3 nitrogen and oxygen atoms in total. The normalized spacial score (nSPS) is 11.0. The van der Waals surface area contributed by atoms with E-state index >= 15 is 0 Å². The number of benzene rings is 2. The molecule has 0 saturated carbocycles. The van der Waals surface area contributed by atoms with E-state index in [1.807, 2.05) is 84.0 Å². The van der Waals surface area contributed by atoms with Gasteiger partial charge in [-0.2, -0.15) is 0 Å². The molecule has 0 saturated heterocycles. The molecule has 0 aliphatic rings. The molecular formula is C22H29NO2. The molecule has 0 aliphatic carbocycles. The van der Waals surface area contributed by atoms with Crippen molar-refractivity contribution in [2.24, 2.45) is 0 Å². The Morgan fingerprint density at radius 3 is 2.16 bits per heavy atom. The van der Waals surface area contributed by atoms with E-state index in [-0.39, 0.29) is 11.7 Å². The third-order valence-corrected chi connectivity index (χ3v) is 3.82. The molecule has 0 spiro atoms. The number of carbonyl (C=O) groups excluding carboxylic acids is 1. The van der Waals surface area contributed by atoms with E-state index in [2.05, 4.69) is 4.98 Å². The summed E-state index contributed by atoms with van der Waals surface area (Å²) < 4.78 is 5.79. The highest BCUT2D eigenvalue weighted by Crippen LogP contribution is 2.27. The van der Waals surface area contributed by atoms with Crippen molar-refractivity contribution in [3.05, 3.63) is 53.6 Å². The Balaban J connectivity index is 0.000000730. The highest BCUT2D eigenvalue weighted by molar-refractivity contribution is 5.85. The summed E-state index contributed by atoms with van der Waals surface area (Å²) in [6.07, 6.45) is 0. The maximum absolute atomic E-state index is 11.5. The second-order valence-electron chi connectivity index (χ2n) is 5.44. The van der Waals surface area contributed by atoms with E-state index < -0.39 is 0 Å². The lowest BCUT2D eigenvalue weighted by Crippen LogP contribution is -2.03. The Morgan fingerprint density at radius 1 is 1.00 bits per heavy atom. The van der Waals surface area contributed by atoms with Crippen LogP contribution >= 0.6 is 0 Å². The highest BCUT2D eigenvalue weighted by Gasteiger charge is 2.14. The number of oxazole rings is 1. The minimum absolute atomic E-state index is 0.117. The Bertz CT molecular complexity index is 801. The lowest BCUT2D eigenvalue weighted by molar-refractivity contribution is -0.118. The van der Waals surface area contributed by atoms with Crippen LogP contribution in [0.25, 0.3) is 22.6 Å². The van der Waals surface area contributed by atoms with Gasteiger partial charge in [-0.15, -0.1) is 0 Å². The fourth-order valence-corrected chi connectivity index (χ4v) is 2.27. The average molecular weight is 339 g/mol. The van der Waals surface area contributed by atoms with E-state index in [1.54, 1.807) is 6.92 Å².